The molecule has 3 aromatic carbocycles. The average molecular weight is 417 g/mol. The second kappa shape index (κ2) is 11.1. The molecule has 4 heteroatoms. The number of ether oxygens (including phenoxy) is 2. The Bertz CT molecular complexity index is 990. The van der Waals surface area contributed by atoms with Crippen molar-refractivity contribution in [3.8, 4) is 5.75 Å². The Hall–Kier alpha value is -3.37. The molecule has 160 valence electrons. The standard InChI is InChI=1S/C27H28O4/c1-3-30-26(27(28)29)19-21-11-15-24(16-12-21)31-18-17-25(22-7-5-4-6-8-22)23-13-9-20(2)10-14-23/h4-17,26H,3,18-19H2,1-2H3,(H,28,29). The zero-order valence-electron chi connectivity index (χ0n) is 18.0. The topological polar surface area (TPSA) is 55.8 Å². The molecular formula is C27H28O4. The lowest BCUT2D eigenvalue weighted by molar-refractivity contribution is -0.149. The van der Waals surface area contributed by atoms with Crippen molar-refractivity contribution < 1.29 is 19.4 Å². The number of rotatable bonds is 10. The summed E-state index contributed by atoms with van der Waals surface area (Å²) in [7, 11) is 0. The van der Waals surface area contributed by atoms with E-state index in [0.29, 0.717) is 19.6 Å². The molecule has 4 nitrogen and oxygen atoms in total. The van der Waals surface area contributed by atoms with Gasteiger partial charge in [-0.3, -0.25) is 0 Å². The minimum atomic E-state index is -0.947. The van der Waals surface area contributed by atoms with Crippen LogP contribution in [0.2, 0.25) is 0 Å². The van der Waals surface area contributed by atoms with Gasteiger partial charge in [-0.15, -0.1) is 0 Å². The first-order chi connectivity index (χ1) is 15.1. The molecule has 0 saturated carbocycles. The van der Waals surface area contributed by atoms with E-state index in [1.54, 1.807) is 6.92 Å². The van der Waals surface area contributed by atoms with Crippen LogP contribution in [0.5, 0.6) is 5.75 Å². The molecular weight excluding hydrogens is 388 g/mol. The van der Waals surface area contributed by atoms with Crippen molar-refractivity contribution in [1.82, 2.24) is 0 Å². The fourth-order valence-electron chi connectivity index (χ4n) is 3.33. The smallest absolute Gasteiger partial charge is 0.333 e. The van der Waals surface area contributed by atoms with Gasteiger partial charge in [0.2, 0.25) is 0 Å². The highest BCUT2D eigenvalue weighted by molar-refractivity contribution is 5.79. The van der Waals surface area contributed by atoms with Crippen LogP contribution in [0.4, 0.5) is 0 Å². The number of aliphatic carboxylic acids is 1. The summed E-state index contributed by atoms with van der Waals surface area (Å²) in [5.74, 6) is -0.212. The maximum atomic E-state index is 11.3. The van der Waals surface area contributed by atoms with E-state index in [1.165, 1.54) is 5.56 Å². The molecule has 0 spiro atoms. The van der Waals surface area contributed by atoms with E-state index in [4.69, 9.17) is 9.47 Å². The van der Waals surface area contributed by atoms with Gasteiger partial charge in [0.25, 0.3) is 0 Å². The zero-order valence-corrected chi connectivity index (χ0v) is 18.0. The Kier molecular flexibility index (Phi) is 8.02. The zero-order chi connectivity index (χ0) is 22.1. The Balaban J connectivity index is 1.69. The molecule has 0 aromatic heterocycles. The van der Waals surface area contributed by atoms with Crippen molar-refractivity contribution in [3.05, 3.63) is 107 Å². The molecule has 0 fully saturated rings. The van der Waals surface area contributed by atoms with E-state index in [9.17, 15) is 9.90 Å². The summed E-state index contributed by atoms with van der Waals surface area (Å²) in [6.45, 7) is 4.67. The summed E-state index contributed by atoms with van der Waals surface area (Å²) >= 11 is 0. The molecule has 0 aliphatic heterocycles. The van der Waals surface area contributed by atoms with Crippen LogP contribution >= 0.6 is 0 Å². The predicted molar refractivity (Wildman–Crippen MR) is 123 cm³/mol. The fraction of sp³-hybridized carbons (Fsp3) is 0.222. The largest absolute Gasteiger partial charge is 0.490 e. The summed E-state index contributed by atoms with van der Waals surface area (Å²) in [6.07, 6.45) is 1.58. The highest BCUT2D eigenvalue weighted by atomic mass is 16.5. The van der Waals surface area contributed by atoms with Gasteiger partial charge in [0.1, 0.15) is 12.4 Å². The SMILES string of the molecule is CCOC(Cc1ccc(OCC=C(c2ccccc2)c2ccc(C)cc2)cc1)C(=O)O. The van der Waals surface area contributed by atoms with Gasteiger partial charge in [0, 0.05) is 13.0 Å². The minimum absolute atomic E-state index is 0.328. The quantitative estimate of drug-likeness (QED) is 0.472. The second-order valence-corrected chi connectivity index (χ2v) is 7.29. The predicted octanol–water partition coefficient (Wildman–Crippen LogP) is 5.54. The Morgan fingerprint density at radius 2 is 1.58 bits per heavy atom. The van der Waals surface area contributed by atoms with E-state index in [2.05, 4.69) is 49.4 Å². The average Bonchev–Trinajstić information content (AvgIpc) is 2.79. The molecule has 31 heavy (non-hydrogen) atoms. The van der Waals surface area contributed by atoms with Gasteiger partial charge in [-0.1, -0.05) is 72.3 Å². The summed E-state index contributed by atoms with van der Waals surface area (Å²) in [4.78, 5) is 11.3. The van der Waals surface area contributed by atoms with Gasteiger partial charge in [0.15, 0.2) is 6.10 Å². The summed E-state index contributed by atoms with van der Waals surface area (Å²) < 4.78 is 11.2. The van der Waals surface area contributed by atoms with Crippen LogP contribution in [-0.4, -0.2) is 30.4 Å². The van der Waals surface area contributed by atoms with E-state index in [1.807, 2.05) is 42.5 Å². The van der Waals surface area contributed by atoms with E-state index >= 15 is 0 Å². The van der Waals surface area contributed by atoms with Crippen molar-refractivity contribution in [1.29, 1.82) is 0 Å². The molecule has 1 unspecified atom stereocenters. The van der Waals surface area contributed by atoms with Gasteiger partial charge in [-0.2, -0.15) is 0 Å². The normalized spacial score (nSPS) is 12.4. The highest BCUT2D eigenvalue weighted by Crippen LogP contribution is 2.24. The first-order valence-electron chi connectivity index (χ1n) is 10.5. The Morgan fingerprint density at radius 1 is 0.935 bits per heavy atom. The van der Waals surface area contributed by atoms with Gasteiger partial charge < -0.3 is 14.6 Å². The number of carboxylic acid groups (broad SMARTS) is 1. The number of hydrogen-bond donors (Lipinski definition) is 1. The number of hydrogen-bond acceptors (Lipinski definition) is 3. The molecule has 0 aliphatic carbocycles. The van der Waals surface area contributed by atoms with Crippen LogP contribution in [0.1, 0.15) is 29.2 Å². The third-order valence-electron chi connectivity index (χ3n) is 4.97. The lowest BCUT2D eigenvalue weighted by Crippen LogP contribution is -2.26. The fourth-order valence-corrected chi connectivity index (χ4v) is 3.33. The van der Waals surface area contributed by atoms with Crippen molar-refractivity contribution in [2.24, 2.45) is 0 Å². The molecule has 3 rings (SSSR count). The maximum Gasteiger partial charge on any atom is 0.333 e. The Morgan fingerprint density at radius 3 is 2.19 bits per heavy atom. The highest BCUT2D eigenvalue weighted by Gasteiger charge is 2.17. The van der Waals surface area contributed by atoms with Crippen LogP contribution in [0.25, 0.3) is 5.57 Å². The van der Waals surface area contributed by atoms with Crippen LogP contribution in [0.15, 0.2) is 84.9 Å². The summed E-state index contributed by atoms with van der Waals surface area (Å²) in [5.41, 5.74) is 5.53. The number of carbonyl (C=O) groups is 1. The van der Waals surface area contributed by atoms with Crippen LogP contribution in [-0.2, 0) is 16.0 Å². The molecule has 0 bridgehead atoms. The molecule has 0 saturated heterocycles. The summed E-state index contributed by atoms with van der Waals surface area (Å²) in [5, 5.41) is 9.24. The van der Waals surface area contributed by atoms with Crippen molar-refractivity contribution in [2.45, 2.75) is 26.4 Å². The molecule has 0 amide bonds. The van der Waals surface area contributed by atoms with E-state index in [-0.39, 0.29) is 0 Å². The lowest BCUT2D eigenvalue weighted by atomic mass is 9.97. The van der Waals surface area contributed by atoms with Gasteiger partial charge in [-0.05, 0) is 54.3 Å². The first-order valence-corrected chi connectivity index (χ1v) is 10.5. The second-order valence-electron chi connectivity index (χ2n) is 7.29. The minimum Gasteiger partial charge on any atom is -0.490 e. The first kappa shape index (κ1) is 22.3. The molecule has 1 N–H and O–H groups in total. The van der Waals surface area contributed by atoms with Gasteiger partial charge in [0.05, 0.1) is 0 Å². The molecule has 0 aliphatic rings. The maximum absolute atomic E-state index is 11.3. The Labute approximate surface area is 183 Å². The third kappa shape index (κ3) is 6.56. The number of carboxylic acids is 1. The molecule has 1 atom stereocenters. The van der Waals surface area contributed by atoms with Gasteiger partial charge >= 0.3 is 5.97 Å². The van der Waals surface area contributed by atoms with Crippen molar-refractivity contribution in [2.75, 3.05) is 13.2 Å². The monoisotopic (exact) mass is 416 g/mol. The van der Waals surface area contributed by atoms with Crippen LogP contribution in [0, 0.1) is 6.92 Å². The van der Waals surface area contributed by atoms with Gasteiger partial charge in [-0.25, -0.2) is 4.79 Å². The van der Waals surface area contributed by atoms with E-state index < -0.39 is 12.1 Å². The van der Waals surface area contributed by atoms with Crippen molar-refractivity contribution in [3.63, 3.8) is 0 Å². The number of benzene rings is 3. The van der Waals surface area contributed by atoms with Crippen LogP contribution in [0.3, 0.4) is 0 Å². The third-order valence-corrected chi connectivity index (χ3v) is 4.97. The summed E-state index contributed by atoms with van der Waals surface area (Å²) in [6, 6.07) is 26.2. The lowest BCUT2D eigenvalue weighted by Gasteiger charge is -2.13. The van der Waals surface area contributed by atoms with Crippen molar-refractivity contribution >= 4 is 11.5 Å². The number of aryl methyl sites for hydroxylation is 1. The van der Waals surface area contributed by atoms with Crippen LogP contribution < -0.4 is 4.74 Å². The molecule has 0 heterocycles. The van der Waals surface area contributed by atoms with E-state index in [0.717, 1.165) is 28.0 Å². The molecule has 0 radical (unpaired) electrons. The molecule has 3 aromatic rings.